The molecule has 3 nitrogen and oxygen atoms in total. The van der Waals surface area contributed by atoms with Gasteiger partial charge in [0.05, 0.1) is 13.2 Å². The van der Waals surface area contributed by atoms with Gasteiger partial charge in [-0.2, -0.15) is 0 Å². The Labute approximate surface area is 110 Å². The first-order chi connectivity index (χ1) is 8.90. The van der Waals surface area contributed by atoms with E-state index >= 15 is 0 Å². The molecule has 0 aromatic heterocycles. The number of nitrogens with zero attached hydrogens (tertiary/aromatic N) is 1. The van der Waals surface area contributed by atoms with E-state index in [0.717, 1.165) is 38.5 Å². The average molecular weight is 249 g/mol. The van der Waals surface area contributed by atoms with Crippen molar-refractivity contribution in [1.29, 1.82) is 0 Å². The maximum atomic E-state index is 6.13. The molecule has 18 heavy (non-hydrogen) atoms. The minimum absolute atomic E-state index is 0.191. The molecule has 0 spiro atoms. The van der Waals surface area contributed by atoms with Gasteiger partial charge >= 0.3 is 0 Å². The summed E-state index contributed by atoms with van der Waals surface area (Å²) in [7, 11) is 0. The highest BCUT2D eigenvalue weighted by atomic mass is 16.5. The summed E-state index contributed by atoms with van der Waals surface area (Å²) in [4.78, 5) is 2.40. The maximum absolute atomic E-state index is 6.13. The third-order valence-corrected chi connectivity index (χ3v) is 3.27. The molecule has 0 bridgehead atoms. The molecule has 0 N–H and O–H groups in total. The first-order valence-electron chi connectivity index (χ1n) is 6.93. The molecule has 1 aliphatic rings. The predicted octanol–water partition coefficient (Wildman–Crippen LogP) is 2.91. The van der Waals surface area contributed by atoms with E-state index in [2.05, 4.69) is 11.8 Å². The van der Waals surface area contributed by atoms with E-state index < -0.39 is 0 Å². The number of ether oxygens (including phenoxy) is 2. The number of unbranched alkanes of at least 4 members (excludes halogenated alkanes) is 1. The van der Waals surface area contributed by atoms with Crippen LogP contribution < -0.4 is 4.74 Å². The van der Waals surface area contributed by atoms with Gasteiger partial charge in [-0.15, -0.1) is 0 Å². The minimum atomic E-state index is 0.191. The van der Waals surface area contributed by atoms with E-state index in [1.165, 1.54) is 12.8 Å². The molecule has 1 aliphatic heterocycles. The molecule has 1 heterocycles. The van der Waals surface area contributed by atoms with Gasteiger partial charge in [0.1, 0.15) is 5.75 Å². The summed E-state index contributed by atoms with van der Waals surface area (Å²) in [6.45, 7) is 5.81. The molecule has 1 saturated heterocycles. The second-order valence-corrected chi connectivity index (χ2v) is 4.68. The molecule has 0 aliphatic carbocycles. The number of hydrogen-bond acceptors (Lipinski definition) is 3. The molecule has 100 valence electrons. The van der Waals surface area contributed by atoms with Gasteiger partial charge in [0.15, 0.2) is 6.23 Å². The van der Waals surface area contributed by atoms with Gasteiger partial charge in [0.2, 0.25) is 0 Å². The van der Waals surface area contributed by atoms with Crippen molar-refractivity contribution >= 4 is 0 Å². The molecular weight excluding hydrogens is 226 g/mol. The number of rotatable bonds is 6. The van der Waals surface area contributed by atoms with E-state index in [9.17, 15) is 0 Å². The summed E-state index contributed by atoms with van der Waals surface area (Å²) in [6, 6.07) is 10.1. The van der Waals surface area contributed by atoms with Crippen LogP contribution in [0.15, 0.2) is 30.3 Å². The molecule has 0 amide bonds. The predicted molar refractivity (Wildman–Crippen MR) is 72.8 cm³/mol. The monoisotopic (exact) mass is 249 g/mol. The van der Waals surface area contributed by atoms with Crippen LogP contribution in [0.1, 0.15) is 26.2 Å². The van der Waals surface area contributed by atoms with Gasteiger partial charge < -0.3 is 9.47 Å². The summed E-state index contributed by atoms with van der Waals surface area (Å²) in [5.41, 5.74) is 0. The first kappa shape index (κ1) is 13.4. The van der Waals surface area contributed by atoms with E-state index in [4.69, 9.17) is 9.47 Å². The van der Waals surface area contributed by atoms with Crippen LogP contribution in [-0.4, -0.2) is 37.4 Å². The van der Waals surface area contributed by atoms with Gasteiger partial charge in [-0.3, -0.25) is 4.90 Å². The van der Waals surface area contributed by atoms with Crippen LogP contribution in [0.25, 0.3) is 0 Å². The molecule has 0 saturated carbocycles. The number of morpholine rings is 1. The lowest BCUT2D eigenvalue weighted by Crippen LogP contribution is -2.46. The zero-order chi connectivity index (χ0) is 12.6. The molecule has 1 aromatic rings. The second-order valence-electron chi connectivity index (χ2n) is 4.68. The summed E-state index contributed by atoms with van der Waals surface area (Å²) in [5, 5.41) is 0. The quantitative estimate of drug-likeness (QED) is 0.773. The molecule has 1 unspecified atom stereocenters. The zero-order valence-electron chi connectivity index (χ0n) is 11.2. The largest absolute Gasteiger partial charge is 0.475 e. The second kappa shape index (κ2) is 7.39. The lowest BCUT2D eigenvalue weighted by Gasteiger charge is -2.34. The Kier molecular flexibility index (Phi) is 5.49. The van der Waals surface area contributed by atoms with Crippen LogP contribution in [0.3, 0.4) is 0 Å². The van der Waals surface area contributed by atoms with Crippen molar-refractivity contribution in [2.75, 3.05) is 26.3 Å². The Morgan fingerprint density at radius 1 is 1.22 bits per heavy atom. The fraction of sp³-hybridized carbons (Fsp3) is 0.600. The van der Waals surface area contributed by atoms with Gasteiger partial charge in [0, 0.05) is 13.1 Å². The van der Waals surface area contributed by atoms with E-state index in [-0.39, 0.29) is 6.23 Å². The Hall–Kier alpha value is -1.06. The van der Waals surface area contributed by atoms with Crippen molar-refractivity contribution in [3.63, 3.8) is 0 Å². The third kappa shape index (κ3) is 4.00. The third-order valence-electron chi connectivity index (χ3n) is 3.27. The number of benzene rings is 1. The van der Waals surface area contributed by atoms with Crippen LogP contribution in [0.4, 0.5) is 0 Å². The lowest BCUT2D eigenvalue weighted by atomic mass is 10.2. The van der Waals surface area contributed by atoms with E-state index in [0.29, 0.717) is 0 Å². The smallest absolute Gasteiger partial charge is 0.152 e. The van der Waals surface area contributed by atoms with E-state index in [1.54, 1.807) is 0 Å². The van der Waals surface area contributed by atoms with Crippen molar-refractivity contribution in [3.05, 3.63) is 30.3 Å². The highest BCUT2D eigenvalue weighted by Gasteiger charge is 2.21. The van der Waals surface area contributed by atoms with Gasteiger partial charge in [-0.1, -0.05) is 31.5 Å². The average Bonchev–Trinajstić information content (AvgIpc) is 2.45. The minimum Gasteiger partial charge on any atom is -0.475 e. The maximum Gasteiger partial charge on any atom is 0.152 e. The summed E-state index contributed by atoms with van der Waals surface area (Å²) < 4.78 is 11.5. The first-order valence-corrected chi connectivity index (χ1v) is 6.93. The Balaban J connectivity index is 1.95. The van der Waals surface area contributed by atoms with Crippen LogP contribution in [0, 0.1) is 0 Å². The molecule has 0 radical (unpaired) electrons. The van der Waals surface area contributed by atoms with Crippen molar-refractivity contribution in [2.24, 2.45) is 0 Å². The standard InChI is InChI=1S/C15H23NO2/c1-2-3-9-15(16-10-12-17-13-11-16)18-14-7-5-4-6-8-14/h4-8,15H,2-3,9-13H2,1H3. The van der Waals surface area contributed by atoms with Gasteiger partial charge in [-0.05, 0) is 25.0 Å². The topological polar surface area (TPSA) is 21.7 Å². The Morgan fingerprint density at radius 3 is 2.61 bits per heavy atom. The molecular formula is C15H23NO2. The van der Waals surface area contributed by atoms with E-state index in [1.807, 2.05) is 30.3 Å². The summed E-state index contributed by atoms with van der Waals surface area (Å²) >= 11 is 0. The molecule has 1 atom stereocenters. The highest BCUT2D eigenvalue weighted by Crippen LogP contribution is 2.17. The summed E-state index contributed by atoms with van der Waals surface area (Å²) in [6.07, 6.45) is 3.69. The molecule has 1 fully saturated rings. The Morgan fingerprint density at radius 2 is 1.94 bits per heavy atom. The van der Waals surface area contributed by atoms with Crippen molar-refractivity contribution < 1.29 is 9.47 Å². The van der Waals surface area contributed by atoms with Gasteiger partial charge in [0.25, 0.3) is 0 Å². The van der Waals surface area contributed by atoms with Crippen LogP contribution in [0.2, 0.25) is 0 Å². The van der Waals surface area contributed by atoms with Crippen LogP contribution in [0.5, 0.6) is 5.75 Å². The van der Waals surface area contributed by atoms with Crippen molar-refractivity contribution in [3.8, 4) is 5.75 Å². The van der Waals surface area contributed by atoms with Crippen molar-refractivity contribution in [1.82, 2.24) is 4.90 Å². The van der Waals surface area contributed by atoms with Crippen LogP contribution >= 0.6 is 0 Å². The SMILES string of the molecule is CCCCC(Oc1ccccc1)N1CCOCC1. The fourth-order valence-electron chi connectivity index (χ4n) is 2.22. The fourth-order valence-corrected chi connectivity index (χ4v) is 2.22. The normalized spacial score (nSPS) is 18.5. The number of para-hydroxylation sites is 1. The lowest BCUT2D eigenvalue weighted by molar-refractivity contribution is -0.0495. The molecule has 3 heteroatoms. The Bertz CT molecular complexity index is 323. The molecule has 2 rings (SSSR count). The highest BCUT2D eigenvalue weighted by molar-refractivity contribution is 5.21. The van der Waals surface area contributed by atoms with Gasteiger partial charge in [-0.25, -0.2) is 0 Å². The van der Waals surface area contributed by atoms with Crippen molar-refractivity contribution in [2.45, 2.75) is 32.4 Å². The number of hydrogen-bond donors (Lipinski definition) is 0. The summed E-state index contributed by atoms with van der Waals surface area (Å²) in [5.74, 6) is 0.963. The van der Waals surface area contributed by atoms with Crippen LogP contribution in [-0.2, 0) is 4.74 Å². The zero-order valence-corrected chi connectivity index (χ0v) is 11.2. The molecule has 1 aromatic carbocycles.